The molecule has 0 unspecified atom stereocenters. The molecule has 0 bridgehead atoms. The summed E-state index contributed by atoms with van der Waals surface area (Å²) in [6, 6.07) is 11.9. The summed E-state index contributed by atoms with van der Waals surface area (Å²) >= 11 is 9.10. The first-order valence-corrected chi connectivity index (χ1v) is 8.74. The van der Waals surface area contributed by atoms with Crippen LogP contribution in [0.25, 0.3) is 27.5 Å². The Morgan fingerprint density at radius 1 is 1.23 bits per heavy atom. The number of rotatable bonds is 3. The Labute approximate surface area is 140 Å². The SMILES string of the molecule is OCc1cc(-c2cccc3nc(-c4ccc(Cl)s4)cn23)cs1. The van der Waals surface area contributed by atoms with Crippen molar-refractivity contribution >= 4 is 39.9 Å². The Morgan fingerprint density at radius 3 is 2.86 bits per heavy atom. The molecule has 0 atom stereocenters. The van der Waals surface area contributed by atoms with Crippen molar-refractivity contribution in [2.75, 3.05) is 0 Å². The number of aliphatic hydroxyl groups is 1. The lowest BCUT2D eigenvalue weighted by Crippen LogP contribution is -1.88. The molecule has 110 valence electrons. The number of aromatic nitrogens is 2. The maximum absolute atomic E-state index is 9.25. The largest absolute Gasteiger partial charge is 0.391 e. The van der Waals surface area contributed by atoms with E-state index < -0.39 is 0 Å². The van der Waals surface area contributed by atoms with Gasteiger partial charge < -0.3 is 5.11 Å². The molecule has 4 rings (SSSR count). The molecular formula is C16H11ClN2OS2. The van der Waals surface area contributed by atoms with E-state index in [1.54, 1.807) is 11.3 Å². The van der Waals surface area contributed by atoms with Crippen LogP contribution >= 0.6 is 34.3 Å². The Balaban J connectivity index is 1.87. The van der Waals surface area contributed by atoms with Crippen LogP contribution in [0.4, 0.5) is 0 Å². The number of thiophene rings is 2. The summed E-state index contributed by atoms with van der Waals surface area (Å²) in [7, 11) is 0. The first kappa shape index (κ1) is 14.0. The van der Waals surface area contributed by atoms with Gasteiger partial charge in [0, 0.05) is 22.0 Å². The molecule has 0 aliphatic rings. The van der Waals surface area contributed by atoms with E-state index in [9.17, 15) is 5.11 Å². The molecular weight excluding hydrogens is 336 g/mol. The molecule has 0 saturated carbocycles. The van der Waals surface area contributed by atoms with Crippen LogP contribution in [0.15, 0.2) is 48.0 Å². The molecule has 4 aromatic heterocycles. The minimum absolute atomic E-state index is 0.0729. The maximum atomic E-state index is 9.25. The van der Waals surface area contributed by atoms with Crippen molar-refractivity contribution in [3.8, 4) is 21.8 Å². The monoisotopic (exact) mass is 346 g/mol. The normalized spacial score (nSPS) is 11.4. The molecule has 22 heavy (non-hydrogen) atoms. The van der Waals surface area contributed by atoms with Crippen molar-refractivity contribution < 1.29 is 5.11 Å². The molecule has 4 aromatic rings. The van der Waals surface area contributed by atoms with Crippen molar-refractivity contribution in [2.24, 2.45) is 0 Å². The summed E-state index contributed by atoms with van der Waals surface area (Å²) in [5.74, 6) is 0. The Hall–Kier alpha value is -1.66. The standard InChI is InChI=1S/C16H11ClN2OS2/c17-15-5-4-14(22-15)12-7-19-13(2-1-3-16(19)18-12)10-6-11(8-20)21-9-10/h1-7,9,20H,8H2. The highest BCUT2D eigenvalue weighted by Crippen LogP contribution is 2.32. The van der Waals surface area contributed by atoms with E-state index in [0.29, 0.717) is 0 Å². The zero-order valence-corrected chi connectivity index (χ0v) is 13.8. The topological polar surface area (TPSA) is 37.5 Å². The molecule has 0 aromatic carbocycles. The van der Waals surface area contributed by atoms with Crippen molar-refractivity contribution in [3.63, 3.8) is 0 Å². The Kier molecular flexibility index (Phi) is 3.50. The number of pyridine rings is 1. The fraction of sp³-hybridized carbons (Fsp3) is 0.0625. The van der Waals surface area contributed by atoms with E-state index in [1.807, 2.05) is 36.5 Å². The molecule has 0 radical (unpaired) electrons. The summed E-state index contributed by atoms with van der Waals surface area (Å²) in [6.45, 7) is 0.0729. The molecule has 0 aliphatic heterocycles. The second-order valence-corrected chi connectivity index (χ2v) is 7.54. The van der Waals surface area contributed by atoms with Gasteiger partial charge in [-0.3, -0.25) is 4.40 Å². The van der Waals surface area contributed by atoms with Crippen LogP contribution in [0.3, 0.4) is 0 Å². The van der Waals surface area contributed by atoms with Gasteiger partial charge in [-0.25, -0.2) is 4.98 Å². The second-order valence-electron chi connectivity index (χ2n) is 4.83. The highest BCUT2D eigenvalue weighted by Gasteiger charge is 2.11. The lowest BCUT2D eigenvalue weighted by Gasteiger charge is -2.02. The van der Waals surface area contributed by atoms with Crippen LogP contribution in [-0.4, -0.2) is 14.5 Å². The number of hydrogen-bond donors (Lipinski definition) is 1. The van der Waals surface area contributed by atoms with Gasteiger partial charge in [-0.1, -0.05) is 17.7 Å². The smallest absolute Gasteiger partial charge is 0.137 e. The summed E-state index contributed by atoms with van der Waals surface area (Å²) in [4.78, 5) is 6.69. The van der Waals surface area contributed by atoms with Gasteiger partial charge in [-0.15, -0.1) is 22.7 Å². The zero-order chi connectivity index (χ0) is 15.1. The first-order chi connectivity index (χ1) is 10.7. The minimum atomic E-state index is 0.0729. The average molecular weight is 347 g/mol. The van der Waals surface area contributed by atoms with E-state index in [-0.39, 0.29) is 6.61 Å². The van der Waals surface area contributed by atoms with Crippen molar-refractivity contribution in [1.82, 2.24) is 9.38 Å². The second kappa shape index (κ2) is 5.52. The van der Waals surface area contributed by atoms with Crippen LogP contribution < -0.4 is 0 Å². The fourth-order valence-electron chi connectivity index (χ4n) is 2.41. The minimum Gasteiger partial charge on any atom is -0.391 e. The predicted octanol–water partition coefficient (Wildman–Crippen LogP) is 4.94. The van der Waals surface area contributed by atoms with E-state index in [1.165, 1.54) is 11.3 Å². The first-order valence-electron chi connectivity index (χ1n) is 6.67. The molecule has 0 saturated heterocycles. The van der Waals surface area contributed by atoms with Crippen LogP contribution in [0.1, 0.15) is 4.88 Å². The molecule has 0 aliphatic carbocycles. The lowest BCUT2D eigenvalue weighted by molar-refractivity contribution is 0.285. The lowest BCUT2D eigenvalue weighted by atomic mass is 10.2. The van der Waals surface area contributed by atoms with Gasteiger partial charge in [-0.2, -0.15) is 0 Å². The van der Waals surface area contributed by atoms with Gasteiger partial charge in [0.15, 0.2) is 0 Å². The summed E-state index contributed by atoms with van der Waals surface area (Å²) in [5, 5.41) is 11.3. The average Bonchev–Trinajstić information content (AvgIpc) is 3.24. The van der Waals surface area contributed by atoms with Crippen molar-refractivity contribution in [3.05, 3.63) is 57.2 Å². The summed E-state index contributed by atoms with van der Waals surface area (Å²) in [6.07, 6.45) is 2.03. The number of hydrogen-bond acceptors (Lipinski definition) is 4. The highest BCUT2D eigenvalue weighted by molar-refractivity contribution is 7.19. The van der Waals surface area contributed by atoms with Gasteiger partial charge in [-0.05, 0) is 30.3 Å². The Morgan fingerprint density at radius 2 is 2.14 bits per heavy atom. The number of imidazole rings is 1. The van der Waals surface area contributed by atoms with E-state index in [4.69, 9.17) is 11.6 Å². The van der Waals surface area contributed by atoms with Crippen LogP contribution in [0, 0.1) is 0 Å². The third kappa shape index (κ3) is 2.36. The summed E-state index contributed by atoms with van der Waals surface area (Å²) < 4.78 is 2.84. The summed E-state index contributed by atoms with van der Waals surface area (Å²) in [5.41, 5.74) is 3.97. The number of aliphatic hydroxyl groups excluding tert-OH is 1. The van der Waals surface area contributed by atoms with Gasteiger partial charge in [0.25, 0.3) is 0 Å². The number of fused-ring (bicyclic) bond motifs is 1. The molecule has 3 nitrogen and oxygen atoms in total. The zero-order valence-electron chi connectivity index (χ0n) is 11.4. The van der Waals surface area contributed by atoms with Crippen LogP contribution in [0.2, 0.25) is 4.34 Å². The quantitative estimate of drug-likeness (QED) is 0.570. The molecule has 6 heteroatoms. The van der Waals surface area contributed by atoms with Gasteiger partial charge in [0.1, 0.15) is 5.65 Å². The van der Waals surface area contributed by atoms with E-state index >= 15 is 0 Å². The maximum Gasteiger partial charge on any atom is 0.137 e. The molecule has 4 heterocycles. The molecule has 0 fully saturated rings. The van der Waals surface area contributed by atoms with E-state index in [0.717, 1.165) is 36.7 Å². The van der Waals surface area contributed by atoms with Crippen molar-refractivity contribution in [2.45, 2.75) is 6.61 Å². The molecule has 1 N–H and O–H groups in total. The van der Waals surface area contributed by atoms with E-state index in [2.05, 4.69) is 20.8 Å². The Bertz CT molecular complexity index is 954. The third-order valence-corrected chi connectivity index (χ3v) is 5.60. The van der Waals surface area contributed by atoms with Crippen LogP contribution in [-0.2, 0) is 6.61 Å². The van der Waals surface area contributed by atoms with Gasteiger partial charge in [0.05, 0.1) is 27.2 Å². The number of nitrogens with zero attached hydrogens (tertiary/aromatic N) is 2. The number of halogens is 1. The van der Waals surface area contributed by atoms with Gasteiger partial charge >= 0.3 is 0 Å². The predicted molar refractivity (Wildman–Crippen MR) is 92.8 cm³/mol. The molecule has 0 spiro atoms. The van der Waals surface area contributed by atoms with Crippen molar-refractivity contribution in [1.29, 1.82) is 0 Å². The third-order valence-electron chi connectivity index (χ3n) is 3.42. The molecule has 0 amide bonds. The van der Waals surface area contributed by atoms with Crippen LogP contribution in [0.5, 0.6) is 0 Å². The highest BCUT2D eigenvalue weighted by atomic mass is 35.5. The fourth-order valence-corrected chi connectivity index (χ4v) is 4.15. The van der Waals surface area contributed by atoms with Gasteiger partial charge in [0.2, 0.25) is 0 Å².